The number of carboxylic acids is 1. The highest BCUT2D eigenvalue weighted by molar-refractivity contribution is 5.83. The molecule has 114 valence electrons. The molecule has 0 aromatic carbocycles. The summed E-state index contributed by atoms with van der Waals surface area (Å²) in [4.78, 5) is 23.9. The highest BCUT2D eigenvalue weighted by atomic mass is 16.4. The van der Waals surface area contributed by atoms with Crippen molar-refractivity contribution >= 4 is 11.9 Å². The summed E-state index contributed by atoms with van der Waals surface area (Å²) < 4.78 is 0. The largest absolute Gasteiger partial charge is 0.481 e. The number of aliphatic carboxylic acids is 1. The zero-order chi connectivity index (χ0) is 14.6. The molecule has 3 N–H and O–H groups in total. The van der Waals surface area contributed by atoms with E-state index in [1.165, 1.54) is 0 Å². The molecular weight excluding hydrogens is 256 g/mol. The molecule has 0 spiro atoms. The van der Waals surface area contributed by atoms with Gasteiger partial charge < -0.3 is 15.7 Å². The minimum atomic E-state index is -0.821. The Hall–Kier alpha value is -1.10. The lowest BCUT2D eigenvalue weighted by molar-refractivity contribution is -0.152. The molecule has 1 aliphatic heterocycles. The minimum Gasteiger partial charge on any atom is -0.481 e. The van der Waals surface area contributed by atoms with Crippen LogP contribution in [0.1, 0.15) is 58.3 Å². The molecule has 0 aromatic rings. The van der Waals surface area contributed by atoms with Gasteiger partial charge in [-0.3, -0.25) is 9.59 Å². The first-order valence-corrected chi connectivity index (χ1v) is 7.81. The van der Waals surface area contributed by atoms with Gasteiger partial charge in [0.15, 0.2) is 0 Å². The summed E-state index contributed by atoms with van der Waals surface area (Å²) in [5.41, 5.74) is -0.821. The van der Waals surface area contributed by atoms with Crippen LogP contribution in [-0.2, 0) is 9.59 Å². The first kappa shape index (κ1) is 15.3. The minimum absolute atomic E-state index is 0.0220. The number of amides is 1. The number of carboxylic acid groups (broad SMARTS) is 1. The topological polar surface area (TPSA) is 78.4 Å². The Morgan fingerprint density at radius 2 is 1.90 bits per heavy atom. The standard InChI is InChI=1S/C15H26N2O3/c1-15(14(19)20)9-5-4-8-12(15)17-13(18)11-7-3-2-6-10-16-11/h11-12,16H,2-10H2,1H3,(H,17,18)(H,19,20). The van der Waals surface area contributed by atoms with Crippen molar-refractivity contribution in [3.05, 3.63) is 0 Å². The van der Waals surface area contributed by atoms with Crippen LogP contribution in [0.25, 0.3) is 0 Å². The molecule has 5 heteroatoms. The Balaban J connectivity index is 1.99. The van der Waals surface area contributed by atoms with Crippen molar-refractivity contribution in [2.75, 3.05) is 6.54 Å². The van der Waals surface area contributed by atoms with Crippen molar-refractivity contribution in [1.29, 1.82) is 0 Å². The molecule has 2 fully saturated rings. The first-order chi connectivity index (χ1) is 9.54. The van der Waals surface area contributed by atoms with Crippen molar-refractivity contribution in [2.24, 2.45) is 5.41 Å². The lowest BCUT2D eigenvalue weighted by atomic mass is 9.71. The third-order valence-electron chi connectivity index (χ3n) is 4.89. The number of nitrogens with one attached hydrogen (secondary N) is 2. The monoisotopic (exact) mass is 282 g/mol. The van der Waals surface area contributed by atoms with E-state index in [0.717, 1.165) is 51.5 Å². The average molecular weight is 282 g/mol. The summed E-state index contributed by atoms with van der Waals surface area (Å²) >= 11 is 0. The van der Waals surface area contributed by atoms with E-state index in [-0.39, 0.29) is 18.0 Å². The van der Waals surface area contributed by atoms with Gasteiger partial charge in [0, 0.05) is 6.04 Å². The second-order valence-corrected chi connectivity index (χ2v) is 6.39. The van der Waals surface area contributed by atoms with Gasteiger partial charge in [0.2, 0.25) is 5.91 Å². The Bertz CT molecular complexity index is 364. The molecule has 2 aliphatic rings. The summed E-state index contributed by atoms with van der Waals surface area (Å²) in [6, 6.07) is -0.399. The van der Waals surface area contributed by atoms with Crippen molar-refractivity contribution in [2.45, 2.75) is 70.4 Å². The molecule has 3 atom stereocenters. The lowest BCUT2D eigenvalue weighted by Crippen LogP contribution is -2.56. The second-order valence-electron chi connectivity index (χ2n) is 6.39. The zero-order valence-corrected chi connectivity index (χ0v) is 12.3. The lowest BCUT2D eigenvalue weighted by Gasteiger charge is -2.39. The maximum Gasteiger partial charge on any atom is 0.311 e. The number of hydrogen-bond donors (Lipinski definition) is 3. The van der Waals surface area contributed by atoms with Gasteiger partial charge in [-0.25, -0.2) is 0 Å². The van der Waals surface area contributed by atoms with E-state index in [2.05, 4.69) is 10.6 Å². The van der Waals surface area contributed by atoms with Crippen molar-refractivity contribution in [3.8, 4) is 0 Å². The van der Waals surface area contributed by atoms with Gasteiger partial charge in [-0.05, 0) is 39.2 Å². The van der Waals surface area contributed by atoms with Crippen LogP contribution in [0.5, 0.6) is 0 Å². The SMILES string of the molecule is CC1(C(=O)O)CCCCC1NC(=O)C1CCCCCN1. The van der Waals surface area contributed by atoms with Gasteiger partial charge in [-0.15, -0.1) is 0 Å². The molecule has 0 radical (unpaired) electrons. The van der Waals surface area contributed by atoms with Crippen LogP contribution in [0.15, 0.2) is 0 Å². The molecule has 1 amide bonds. The number of rotatable bonds is 3. The summed E-state index contributed by atoms with van der Waals surface area (Å²) in [5.74, 6) is -0.817. The van der Waals surface area contributed by atoms with Gasteiger partial charge in [-0.1, -0.05) is 25.7 Å². The summed E-state index contributed by atoms with van der Waals surface area (Å²) in [6.45, 7) is 2.64. The zero-order valence-electron chi connectivity index (χ0n) is 12.3. The highest BCUT2D eigenvalue weighted by Gasteiger charge is 2.44. The molecule has 2 rings (SSSR count). The van der Waals surface area contributed by atoms with Gasteiger partial charge in [-0.2, -0.15) is 0 Å². The Labute approximate surface area is 120 Å². The fourth-order valence-electron chi connectivity index (χ4n) is 3.35. The quantitative estimate of drug-likeness (QED) is 0.736. The molecule has 1 aliphatic carbocycles. The predicted octanol–water partition coefficient (Wildman–Crippen LogP) is 1.67. The van der Waals surface area contributed by atoms with Crippen LogP contribution in [0.2, 0.25) is 0 Å². The fourth-order valence-corrected chi connectivity index (χ4v) is 3.35. The van der Waals surface area contributed by atoms with Gasteiger partial charge in [0.25, 0.3) is 0 Å². The number of carbonyl (C=O) groups is 2. The van der Waals surface area contributed by atoms with Crippen LogP contribution in [-0.4, -0.2) is 35.6 Å². The Morgan fingerprint density at radius 1 is 1.15 bits per heavy atom. The van der Waals surface area contributed by atoms with Gasteiger partial charge in [0.05, 0.1) is 11.5 Å². The molecule has 20 heavy (non-hydrogen) atoms. The maximum atomic E-state index is 12.4. The van der Waals surface area contributed by atoms with Crippen molar-refractivity contribution < 1.29 is 14.7 Å². The normalized spacial score (nSPS) is 35.0. The molecule has 1 saturated heterocycles. The van der Waals surface area contributed by atoms with E-state index in [0.29, 0.717) is 6.42 Å². The summed E-state index contributed by atoms with van der Waals surface area (Å²) in [5, 5.41) is 15.7. The average Bonchev–Trinajstić information content (AvgIpc) is 2.70. The van der Waals surface area contributed by atoms with Crippen LogP contribution in [0, 0.1) is 5.41 Å². The van der Waals surface area contributed by atoms with Crippen LogP contribution in [0.4, 0.5) is 0 Å². The Kier molecular flexibility index (Phi) is 5.02. The maximum absolute atomic E-state index is 12.4. The van der Waals surface area contributed by atoms with E-state index >= 15 is 0 Å². The van der Waals surface area contributed by atoms with Crippen LogP contribution >= 0.6 is 0 Å². The third-order valence-corrected chi connectivity index (χ3v) is 4.89. The molecule has 3 unspecified atom stereocenters. The molecular formula is C15H26N2O3. The highest BCUT2D eigenvalue weighted by Crippen LogP contribution is 2.36. The van der Waals surface area contributed by atoms with Crippen LogP contribution in [0.3, 0.4) is 0 Å². The van der Waals surface area contributed by atoms with Gasteiger partial charge >= 0.3 is 5.97 Å². The van der Waals surface area contributed by atoms with Crippen LogP contribution < -0.4 is 10.6 Å². The third kappa shape index (κ3) is 3.32. The molecule has 5 nitrogen and oxygen atoms in total. The number of hydrogen-bond acceptors (Lipinski definition) is 3. The smallest absolute Gasteiger partial charge is 0.311 e. The summed E-state index contributed by atoms with van der Waals surface area (Å²) in [6.07, 6.45) is 7.51. The second kappa shape index (κ2) is 6.57. The molecule has 1 saturated carbocycles. The van der Waals surface area contributed by atoms with Gasteiger partial charge in [0.1, 0.15) is 0 Å². The van der Waals surface area contributed by atoms with E-state index in [4.69, 9.17) is 0 Å². The van der Waals surface area contributed by atoms with E-state index < -0.39 is 11.4 Å². The Morgan fingerprint density at radius 3 is 2.65 bits per heavy atom. The molecule has 1 heterocycles. The molecule has 0 aromatic heterocycles. The predicted molar refractivity (Wildman–Crippen MR) is 76.4 cm³/mol. The van der Waals surface area contributed by atoms with Crippen molar-refractivity contribution in [3.63, 3.8) is 0 Å². The molecule has 0 bridgehead atoms. The summed E-state index contributed by atoms with van der Waals surface area (Å²) in [7, 11) is 0. The van der Waals surface area contributed by atoms with E-state index in [1.54, 1.807) is 6.92 Å². The number of carbonyl (C=O) groups excluding carboxylic acids is 1. The van der Waals surface area contributed by atoms with E-state index in [9.17, 15) is 14.7 Å². The fraction of sp³-hybridized carbons (Fsp3) is 0.867. The first-order valence-electron chi connectivity index (χ1n) is 7.81. The van der Waals surface area contributed by atoms with E-state index in [1.807, 2.05) is 0 Å². The van der Waals surface area contributed by atoms with Crippen molar-refractivity contribution in [1.82, 2.24) is 10.6 Å².